The number of hydrogen-bond donors (Lipinski definition) is 1. The van der Waals surface area contributed by atoms with Crippen LogP contribution in [0.4, 0.5) is 0 Å². The smallest absolute Gasteiger partial charge is 0.119 e. The third-order valence-electron chi connectivity index (χ3n) is 2.09. The minimum absolute atomic E-state index is 0.323. The zero-order chi connectivity index (χ0) is 9.84. The lowest BCUT2D eigenvalue weighted by Gasteiger charge is -2.07. The lowest BCUT2D eigenvalue weighted by Crippen LogP contribution is -1.89. The van der Waals surface area contributed by atoms with Gasteiger partial charge in [0.05, 0.1) is 0 Å². The normalized spacial score (nSPS) is 10.0. The molecule has 13 heavy (non-hydrogen) atoms. The second-order valence-corrected chi connectivity index (χ2v) is 3.14. The van der Waals surface area contributed by atoms with Crippen LogP contribution >= 0.6 is 11.6 Å². The second kappa shape index (κ2) is 4.33. The summed E-state index contributed by atoms with van der Waals surface area (Å²) in [6, 6.07) is 3.64. The van der Waals surface area contributed by atoms with E-state index in [2.05, 4.69) is 6.58 Å². The van der Waals surface area contributed by atoms with E-state index in [1.54, 1.807) is 12.1 Å². The van der Waals surface area contributed by atoms with Crippen LogP contribution in [0.1, 0.15) is 23.6 Å². The predicted octanol–water partition coefficient (Wildman–Crippen LogP) is 3.34. The largest absolute Gasteiger partial charge is 0.508 e. The van der Waals surface area contributed by atoms with Crippen molar-refractivity contribution in [1.29, 1.82) is 0 Å². The van der Waals surface area contributed by atoms with Gasteiger partial charge in [-0.25, -0.2) is 0 Å². The van der Waals surface area contributed by atoms with Crippen LogP contribution in [0.5, 0.6) is 5.75 Å². The monoisotopic (exact) mass is 196 g/mol. The molecule has 0 amide bonds. The third-order valence-corrected chi connectivity index (χ3v) is 2.37. The van der Waals surface area contributed by atoms with Crippen LogP contribution in [0.3, 0.4) is 0 Å². The number of phenolic OH excluding ortho intramolecular Hbond substituents is 1. The van der Waals surface area contributed by atoms with Gasteiger partial charge in [-0.1, -0.05) is 19.6 Å². The first kappa shape index (κ1) is 10.1. The molecule has 0 heterocycles. The van der Waals surface area contributed by atoms with Gasteiger partial charge < -0.3 is 5.11 Å². The molecule has 0 radical (unpaired) electrons. The van der Waals surface area contributed by atoms with E-state index in [1.165, 1.54) is 0 Å². The highest BCUT2D eigenvalue weighted by Gasteiger charge is 2.04. The molecule has 0 aromatic heterocycles. The Bertz CT molecular complexity index is 318. The van der Waals surface area contributed by atoms with Crippen LogP contribution in [0, 0.1) is 0 Å². The van der Waals surface area contributed by atoms with Gasteiger partial charge in [-0.3, -0.25) is 0 Å². The second-order valence-electron chi connectivity index (χ2n) is 2.87. The van der Waals surface area contributed by atoms with Crippen LogP contribution in [0.15, 0.2) is 18.7 Å². The van der Waals surface area contributed by atoms with E-state index in [0.717, 1.165) is 23.1 Å². The summed E-state index contributed by atoms with van der Waals surface area (Å²) in [5.74, 6) is 0.725. The number of alkyl halides is 1. The van der Waals surface area contributed by atoms with Crippen molar-refractivity contribution in [3.05, 3.63) is 35.4 Å². The first-order valence-corrected chi connectivity index (χ1v) is 4.79. The maximum absolute atomic E-state index is 9.55. The molecule has 1 N–H and O–H groups in total. The summed E-state index contributed by atoms with van der Waals surface area (Å²) < 4.78 is 0. The van der Waals surface area contributed by atoms with E-state index in [4.69, 9.17) is 11.6 Å². The van der Waals surface area contributed by atoms with Crippen molar-refractivity contribution in [2.45, 2.75) is 19.2 Å². The van der Waals surface area contributed by atoms with Gasteiger partial charge >= 0.3 is 0 Å². The first-order valence-electron chi connectivity index (χ1n) is 4.26. The number of hydrogen-bond acceptors (Lipinski definition) is 1. The number of halogens is 1. The lowest BCUT2D eigenvalue weighted by atomic mass is 10.0. The summed E-state index contributed by atoms with van der Waals surface area (Å²) in [6.45, 7) is 5.71. The quantitative estimate of drug-likeness (QED) is 0.736. The Balaban J connectivity index is 3.26. The number of phenols is 1. The highest BCUT2D eigenvalue weighted by Crippen LogP contribution is 2.24. The minimum atomic E-state index is 0.323. The van der Waals surface area contributed by atoms with Gasteiger partial charge in [-0.05, 0) is 35.2 Å². The van der Waals surface area contributed by atoms with Crippen molar-refractivity contribution in [1.82, 2.24) is 0 Å². The van der Waals surface area contributed by atoms with Crippen molar-refractivity contribution in [3.63, 3.8) is 0 Å². The SMILES string of the molecule is C=Cc1cc(CC)c(O)cc1CCl. The molecule has 1 nitrogen and oxygen atoms in total. The van der Waals surface area contributed by atoms with Crippen LogP contribution in [0.2, 0.25) is 0 Å². The Morgan fingerprint density at radius 2 is 2.15 bits per heavy atom. The number of benzene rings is 1. The molecule has 1 aromatic rings. The molecular weight excluding hydrogens is 184 g/mol. The Morgan fingerprint density at radius 3 is 2.62 bits per heavy atom. The van der Waals surface area contributed by atoms with Crippen LogP contribution in [-0.2, 0) is 12.3 Å². The molecule has 0 saturated heterocycles. The third kappa shape index (κ3) is 2.04. The van der Waals surface area contributed by atoms with Crippen molar-refractivity contribution in [2.75, 3.05) is 0 Å². The van der Waals surface area contributed by atoms with E-state index >= 15 is 0 Å². The van der Waals surface area contributed by atoms with Crippen molar-refractivity contribution in [3.8, 4) is 5.75 Å². The number of aryl methyl sites for hydroxylation is 1. The Hall–Kier alpha value is -0.950. The first-order chi connectivity index (χ1) is 6.22. The van der Waals surface area contributed by atoms with Crippen molar-refractivity contribution >= 4 is 17.7 Å². The fourth-order valence-corrected chi connectivity index (χ4v) is 1.52. The molecule has 0 saturated carbocycles. The highest BCUT2D eigenvalue weighted by molar-refractivity contribution is 6.17. The molecule has 0 unspecified atom stereocenters. The molecular formula is C11H13ClO. The Kier molecular flexibility index (Phi) is 3.38. The summed E-state index contributed by atoms with van der Waals surface area (Å²) >= 11 is 5.72. The molecule has 1 rings (SSSR count). The van der Waals surface area contributed by atoms with Crippen LogP contribution < -0.4 is 0 Å². The highest BCUT2D eigenvalue weighted by atomic mass is 35.5. The number of aromatic hydroxyl groups is 1. The maximum atomic E-state index is 9.55. The fraction of sp³-hybridized carbons (Fsp3) is 0.273. The van der Waals surface area contributed by atoms with E-state index in [-0.39, 0.29) is 0 Å². The molecule has 1 aromatic carbocycles. The average Bonchev–Trinajstić information content (AvgIpc) is 2.17. The zero-order valence-corrected chi connectivity index (χ0v) is 8.43. The summed E-state index contributed by atoms with van der Waals surface area (Å²) in [5, 5.41) is 9.55. The molecule has 0 atom stereocenters. The standard InChI is InChI=1S/C11H13ClO/c1-3-8-5-9(4-2)11(13)6-10(8)7-12/h3,5-6,13H,1,4,7H2,2H3. The van der Waals surface area contributed by atoms with Gasteiger partial charge in [0.15, 0.2) is 0 Å². The number of rotatable bonds is 3. The average molecular weight is 197 g/mol. The van der Waals surface area contributed by atoms with E-state index in [9.17, 15) is 5.11 Å². The molecule has 70 valence electrons. The summed E-state index contributed by atoms with van der Waals surface area (Å²) in [7, 11) is 0. The molecule has 0 spiro atoms. The molecule has 0 aliphatic heterocycles. The molecule has 2 heteroatoms. The topological polar surface area (TPSA) is 20.2 Å². The summed E-state index contributed by atoms with van der Waals surface area (Å²) in [6.07, 6.45) is 2.57. The maximum Gasteiger partial charge on any atom is 0.119 e. The van der Waals surface area contributed by atoms with E-state index in [0.29, 0.717) is 11.6 Å². The van der Waals surface area contributed by atoms with Crippen LogP contribution in [-0.4, -0.2) is 5.11 Å². The predicted molar refractivity (Wildman–Crippen MR) is 57.1 cm³/mol. The van der Waals surface area contributed by atoms with Gasteiger partial charge in [-0.2, -0.15) is 0 Å². The van der Waals surface area contributed by atoms with E-state index < -0.39 is 0 Å². The summed E-state index contributed by atoms with van der Waals surface area (Å²) in [4.78, 5) is 0. The zero-order valence-electron chi connectivity index (χ0n) is 7.68. The van der Waals surface area contributed by atoms with Gasteiger partial charge in [0.25, 0.3) is 0 Å². The molecule has 0 bridgehead atoms. The Labute approximate surface area is 83.7 Å². The molecule has 0 fully saturated rings. The van der Waals surface area contributed by atoms with E-state index in [1.807, 2.05) is 13.0 Å². The van der Waals surface area contributed by atoms with Gasteiger partial charge in [0, 0.05) is 5.88 Å². The minimum Gasteiger partial charge on any atom is -0.508 e. The lowest BCUT2D eigenvalue weighted by molar-refractivity contribution is 0.468. The van der Waals surface area contributed by atoms with Gasteiger partial charge in [-0.15, -0.1) is 11.6 Å². The Morgan fingerprint density at radius 1 is 1.46 bits per heavy atom. The van der Waals surface area contributed by atoms with Crippen molar-refractivity contribution < 1.29 is 5.11 Å². The van der Waals surface area contributed by atoms with Crippen molar-refractivity contribution in [2.24, 2.45) is 0 Å². The fourth-order valence-electron chi connectivity index (χ4n) is 1.28. The summed E-state index contributed by atoms with van der Waals surface area (Å²) in [5.41, 5.74) is 2.86. The van der Waals surface area contributed by atoms with Gasteiger partial charge in [0.2, 0.25) is 0 Å². The molecule has 0 aliphatic carbocycles. The van der Waals surface area contributed by atoms with Crippen LogP contribution in [0.25, 0.3) is 6.08 Å². The molecule has 0 aliphatic rings. The van der Waals surface area contributed by atoms with Gasteiger partial charge in [0.1, 0.15) is 5.75 Å².